The number of nitrogens with one attached hydrogen (secondary N) is 1. The largest absolute Gasteiger partial charge is 0.369 e. The molecule has 0 amide bonds. The molecule has 196 valence electrons. The molecule has 1 N–H and O–H groups in total. The molecule has 0 aliphatic carbocycles. The first-order valence-corrected chi connectivity index (χ1v) is 12.9. The zero-order valence-corrected chi connectivity index (χ0v) is 21.4. The lowest BCUT2D eigenvalue weighted by molar-refractivity contribution is -0.384. The lowest BCUT2D eigenvalue weighted by Gasteiger charge is -2.36. The Morgan fingerprint density at radius 2 is 1.49 bits per heavy atom. The van der Waals surface area contributed by atoms with Crippen molar-refractivity contribution in [2.24, 2.45) is 5.11 Å². The van der Waals surface area contributed by atoms with Crippen LogP contribution in [0.3, 0.4) is 0 Å². The Balaban J connectivity index is 1.33. The number of hydrogen-bond donors (Lipinski definition) is 1. The average molecular weight is 520 g/mol. The topological polar surface area (TPSA) is 110 Å². The zero-order valence-electron chi connectivity index (χ0n) is 21.4. The number of hydrogen-bond acceptors (Lipinski definition) is 6. The van der Waals surface area contributed by atoms with Crippen molar-refractivity contribution in [3.05, 3.63) is 140 Å². The van der Waals surface area contributed by atoms with E-state index >= 15 is 0 Å². The molecular formula is C30H29N7O2. The van der Waals surface area contributed by atoms with Crippen molar-refractivity contribution in [2.75, 3.05) is 36.4 Å². The van der Waals surface area contributed by atoms with Crippen LogP contribution in [0.5, 0.6) is 0 Å². The molecule has 1 aliphatic heterocycles. The number of nitro benzene ring substituents is 1. The summed E-state index contributed by atoms with van der Waals surface area (Å²) in [5.41, 5.74) is 13.9. The van der Waals surface area contributed by atoms with Gasteiger partial charge in [-0.05, 0) is 34.4 Å². The monoisotopic (exact) mass is 519 g/mol. The second-order valence-electron chi connectivity index (χ2n) is 9.48. The van der Waals surface area contributed by atoms with Crippen LogP contribution in [0.15, 0.2) is 108 Å². The van der Waals surface area contributed by atoms with Gasteiger partial charge >= 0.3 is 0 Å². The fourth-order valence-electron chi connectivity index (χ4n) is 4.94. The van der Waals surface area contributed by atoms with Crippen LogP contribution in [0.2, 0.25) is 0 Å². The van der Waals surface area contributed by atoms with Gasteiger partial charge in [0.1, 0.15) is 5.69 Å². The quantitative estimate of drug-likeness (QED) is 0.0837. The first kappa shape index (κ1) is 25.8. The number of nitro groups is 1. The van der Waals surface area contributed by atoms with Crippen LogP contribution < -0.4 is 10.2 Å². The Morgan fingerprint density at radius 1 is 0.872 bits per heavy atom. The van der Waals surface area contributed by atoms with Crippen molar-refractivity contribution in [3.8, 4) is 0 Å². The molecular weight excluding hydrogens is 490 g/mol. The first-order chi connectivity index (χ1) is 19.1. The molecule has 0 spiro atoms. The van der Waals surface area contributed by atoms with Gasteiger partial charge in [-0.25, -0.2) is 0 Å². The molecule has 0 bridgehead atoms. The van der Waals surface area contributed by atoms with Gasteiger partial charge in [0.15, 0.2) is 0 Å². The molecule has 1 aliphatic rings. The summed E-state index contributed by atoms with van der Waals surface area (Å²) in [6.45, 7) is 4.18. The van der Waals surface area contributed by atoms with E-state index in [4.69, 9.17) is 5.53 Å². The third kappa shape index (κ3) is 6.35. The molecule has 9 nitrogen and oxygen atoms in total. The van der Waals surface area contributed by atoms with Gasteiger partial charge in [-0.1, -0.05) is 90.0 Å². The molecule has 1 heterocycles. The van der Waals surface area contributed by atoms with Crippen LogP contribution in [-0.2, 0) is 6.54 Å². The number of azide groups is 1. The van der Waals surface area contributed by atoms with Crippen molar-refractivity contribution in [2.45, 2.75) is 12.6 Å². The Kier molecular flexibility index (Phi) is 8.02. The fraction of sp³-hybridized carbons (Fsp3) is 0.200. The summed E-state index contributed by atoms with van der Waals surface area (Å²) in [4.78, 5) is 19.1. The van der Waals surface area contributed by atoms with E-state index in [1.807, 2.05) is 97.1 Å². The Morgan fingerprint density at radius 3 is 2.05 bits per heavy atom. The van der Waals surface area contributed by atoms with Gasteiger partial charge in [0, 0.05) is 55.1 Å². The van der Waals surface area contributed by atoms with Crippen molar-refractivity contribution >= 4 is 22.7 Å². The van der Waals surface area contributed by atoms with E-state index in [1.165, 1.54) is 0 Å². The van der Waals surface area contributed by atoms with Crippen LogP contribution in [-0.4, -0.2) is 36.0 Å². The highest BCUT2D eigenvalue weighted by Gasteiger charge is 2.23. The molecule has 39 heavy (non-hydrogen) atoms. The number of benzene rings is 4. The van der Waals surface area contributed by atoms with Crippen LogP contribution in [0.1, 0.15) is 22.7 Å². The van der Waals surface area contributed by atoms with Gasteiger partial charge in [0.2, 0.25) is 0 Å². The highest BCUT2D eigenvalue weighted by Crippen LogP contribution is 2.35. The van der Waals surface area contributed by atoms with Gasteiger partial charge in [-0.3, -0.25) is 15.0 Å². The maximum absolute atomic E-state index is 12.0. The second kappa shape index (κ2) is 12.1. The third-order valence-electron chi connectivity index (χ3n) is 6.98. The summed E-state index contributed by atoms with van der Waals surface area (Å²) < 4.78 is 0. The smallest absolute Gasteiger partial charge is 0.292 e. The van der Waals surface area contributed by atoms with E-state index < -0.39 is 0 Å². The number of nitrogens with zero attached hydrogens (tertiary/aromatic N) is 6. The molecule has 0 unspecified atom stereocenters. The molecule has 0 radical (unpaired) electrons. The Hall–Kier alpha value is -4.85. The van der Waals surface area contributed by atoms with Gasteiger partial charge in [0.05, 0.1) is 11.0 Å². The maximum atomic E-state index is 12.0. The van der Waals surface area contributed by atoms with E-state index in [0.29, 0.717) is 11.4 Å². The molecule has 0 saturated carbocycles. The van der Waals surface area contributed by atoms with Crippen LogP contribution >= 0.6 is 0 Å². The van der Waals surface area contributed by atoms with Crippen molar-refractivity contribution in [1.29, 1.82) is 0 Å². The summed E-state index contributed by atoms with van der Waals surface area (Å²) in [5.74, 6) is 0. The molecule has 1 saturated heterocycles. The van der Waals surface area contributed by atoms with Crippen LogP contribution in [0, 0.1) is 10.1 Å². The summed E-state index contributed by atoms with van der Waals surface area (Å²) in [6, 6.07) is 32.7. The standard InChI is InChI=1S/C30H29N7O2/c31-34-33-26-13-11-23(12-14-26)22-35-17-19-36(20-18-35)27-15-16-29(37(38)39)28(21-27)32-30(24-7-3-1-4-8-24)25-9-5-2-6-10-25/h1-16,21,30,32H,17-20,22H2. The minimum atomic E-state index is -0.329. The summed E-state index contributed by atoms with van der Waals surface area (Å²) >= 11 is 0. The third-order valence-corrected chi connectivity index (χ3v) is 6.98. The molecule has 4 aromatic rings. The summed E-state index contributed by atoms with van der Waals surface area (Å²) in [6.07, 6.45) is 0. The van der Waals surface area contributed by atoms with Gasteiger partial charge in [-0.2, -0.15) is 0 Å². The molecule has 9 heteroatoms. The van der Waals surface area contributed by atoms with Crippen LogP contribution in [0.4, 0.5) is 22.7 Å². The number of rotatable bonds is 9. The van der Waals surface area contributed by atoms with E-state index in [0.717, 1.165) is 55.1 Å². The van der Waals surface area contributed by atoms with Crippen molar-refractivity contribution in [1.82, 2.24) is 4.90 Å². The molecule has 5 rings (SSSR count). The SMILES string of the molecule is [N-]=[N+]=Nc1ccc(CN2CCN(c3ccc([N+](=O)[O-])c(NC(c4ccccc4)c4ccccc4)c3)CC2)cc1. The highest BCUT2D eigenvalue weighted by atomic mass is 16.6. The second-order valence-corrected chi connectivity index (χ2v) is 9.48. The number of piperazine rings is 1. The molecule has 4 aromatic carbocycles. The Labute approximate surface area is 227 Å². The van der Waals surface area contributed by atoms with Gasteiger partial charge in [0.25, 0.3) is 5.69 Å². The van der Waals surface area contributed by atoms with Gasteiger partial charge < -0.3 is 10.2 Å². The zero-order chi connectivity index (χ0) is 27.0. The van der Waals surface area contributed by atoms with E-state index in [-0.39, 0.29) is 16.7 Å². The normalized spacial score (nSPS) is 13.6. The molecule has 0 atom stereocenters. The van der Waals surface area contributed by atoms with Crippen LogP contribution in [0.25, 0.3) is 10.4 Å². The summed E-state index contributed by atoms with van der Waals surface area (Å²) in [5, 5.41) is 19.1. The number of anilines is 2. The van der Waals surface area contributed by atoms with E-state index in [9.17, 15) is 10.1 Å². The van der Waals surface area contributed by atoms with E-state index in [2.05, 4.69) is 25.1 Å². The van der Waals surface area contributed by atoms with Crippen molar-refractivity contribution in [3.63, 3.8) is 0 Å². The lowest BCUT2D eigenvalue weighted by Crippen LogP contribution is -2.46. The predicted molar refractivity (Wildman–Crippen MR) is 154 cm³/mol. The minimum Gasteiger partial charge on any atom is -0.369 e. The first-order valence-electron chi connectivity index (χ1n) is 12.9. The molecule has 1 fully saturated rings. The van der Waals surface area contributed by atoms with Crippen molar-refractivity contribution < 1.29 is 4.92 Å². The fourth-order valence-corrected chi connectivity index (χ4v) is 4.94. The average Bonchev–Trinajstić information content (AvgIpc) is 2.98. The lowest BCUT2D eigenvalue weighted by atomic mass is 9.98. The molecule has 0 aromatic heterocycles. The van der Waals surface area contributed by atoms with Gasteiger partial charge in [-0.15, -0.1) is 0 Å². The maximum Gasteiger partial charge on any atom is 0.292 e. The Bertz CT molecular complexity index is 1410. The van der Waals surface area contributed by atoms with E-state index in [1.54, 1.807) is 6.07 Å². The minimum absolute atomic E-state index is 0.0541. The highest BCUT2D eigenvalue weighted by molar-refractivity contribution is 5.70. The predicted octanol–water partition coefficient (Wildman–Crippen LogP) is 7.06. The summed E-state index contributed by atoms with van der Waals surface area (Å²) in [7, 11) is 0.